The maximum absolute atomic E-state index is 12.7. The summed E-state index contributed by atoms with van der Waals surface area (Å²) >= 11 is 0. The maximum atomic E-state index is 12.7. The molecule has 0 aliphatic heterocycles. The molecule has 1 N–H and O–H groups in total. The molecule has 0 aliphatic rings. The first kappa shape index (κ1) is 18.8. The van der Waals surface area contributed by atoms with Crippen molar-refractivity contribution in [1.29, 1.82) is 0 Å². The summed E-state index contributed by atoms with van der Waals surface area (Å²) in [6.07, 6.45) is 2.96. The van der Waals surface area contributed by atoms with E-state index in [-0.39, 0.29) is 27.8 Å². The highest BCUT2D eigenvalue weighted by molar-refractivity contribution is 7.91. The van der Waals surface area contributed by atoms with Crippen molar-refractivity contribution in [2.24, 2.45) is 0 Å². The van der Waals surface area contributed by atoms with E-state index >= 15 is 0 Å². The Bertz CT molecular complexity index is 1080. The van der Waals surface area contributed by atoms with Crippen LogP contribution in [0.3, 0.4) is 0 Å². The van der Waals surface area contributed by atoms with Crippen LogP contribution in [0.2, 0.25) is 0 Å². The number of unbranched alkanes of at least 4 members (excludes halogenated alkanes) is 1. The van der Waals surface area contributed by atoms with Gasteiger partial charge >= 0.3 is 5.97 Å². The third-order valence-corrected chi connectivity index (χ3v) is 5.89. The van der Waals surface area contributed by atoms with Gasteiger partial charge in [0, 0.05) is 17.0 Å². The lowest BCUT2D eigenvalue weighted by Gasteiger charge is -2.09. The number of aromatic nitrogens is 1. The molecule has 0 atom stereocenters. The number of rotatable bonds is 6. The quantitative estimate of drug-likeness (QED) is 0.513. The molecule has 140 valence electrons. The van der Waals surface area contributed by atoms with Crippen LogP contribution in [0.4, 0.5) is 0 Å². The highest BCUT2D eigenvalue weighted by atomic mass is 32.2. The average molecular weight is 385 g/mol. The second-order valence-electron chi connectivity index (χ2n) is 6.01. The summed E-state index contributed by atoms with van der Waals surface area (Å²) in [4.78, 5) is 16.3. The predicted molar refractivity (Wildman–Crippen MR) is 100 cm³/mol. The molecule has 3 aromatic rings. The molecule has 0 amide bonds. The minimum atomic E-state index is -3.69. The first-order valence-electron chi connectivity index (χ1n) is 8.54. The third-order valence-electron chi connectivity index (χ3n) is 4.12. The van der Waals surface area contributed by atoms with Gasteiger partial charge in [-0.1, -0.05) is 31.5 Å². The van der Waals surface area contributed by atoms with Crippen LogP contribution >= 0.6 is 0 Å². The van der Waals surface area contributed by atoms with E-state index in [1.807, 2.05) is 6.92 Å². The Morgan fingerprint density at radius 3 is 2.56 bits per heavy atom. The second-order valence-corrected chi connectivity index (χ2v) is 7.96. The van der Waals surface area contributed by atoms with Crippen molar-refractivity contribution in [2.45, 2.75) is 29.6 Å². The number of esters is 1. The largest absolute Gasteiger partial charge is 0.505 e. The van der Waals surface area contributed by atoms with E-state index in [2.05, 4.69) is 4.98 Å². The smallest absolute Gasteiger partial charge is 0.360 e. The van der Waals surface area contributed by atoms with Crippen molar-refractivity contribution >= 4 is 26.6 Å². The highest BCUT2D eigenvalue weighted by Gasteiger charge is 2.21. The SMILES string of the molecule is CCCCOC(=O)c1ncc2cc(S(=O)(=O)c3ccccc3)ccc2c1O. The number of sulfone groups is 1. The van der Waals surface area contributed by atoms with Crippen molar-refractivity contribution in [3.05, 3.63) is 60.4 Å². The van der Waals surface area contributed by atoms with Gasteiger partial charge in [-0.15, -0.1) is 0 Å². The Morgan fingerprint density at radius 1 is 1.11 bits per heavy atom. The normalized spacial score (nSPS) is 11.4. The Balaban J connectivity index is 1.98. The number of fused-ring (bicyclic) bond motifs is 1. The summed E-state index contributed by atoms with van der Waals surface area (Å²) < 4.78 is 30.5. The fourth-order valence-electron chi connectivity index (χ4n) is 2.62. The number of pyridine rings is 1. The lowest BCUT2D eigenvalue weighted by Crippen LogP contribution is -2.09. The van der Waals surface area contributed by atoms with Gasteiger partial charge in [-0.2, -0.15) is 0 Å². The minimum Gasteiger partial charge on any atom is -0.505 e. The molecular formula is C20H19NO5S. The maximum Gasteiger partial charge on any atom is 0.360 e. The number of ether oxygens (including phenoxy) is 1. The summed E-state index contributed by atoms with van der Waals surface area (Å²) in [5.74, 6) is -1.03. The van der Waals surface area contributed by atoms with E-state index in [9.17, 15) is 18.3 Å². The molecule has 0 radical (unpaired) electrons. The molecule has 3 rings (SSSR count). The van der Waals surface area contributed by atoms with Gasteiger partial charge in [0.25, 0.3) is 0 Å². The molecule has 0 aliphatic carbocycles. The van der Waals surface area contributed by atoms with Crippen LogP contribution in [0.1, 0.15) is 30.3 Å². The van der Waals surface area contributed by atoms with Crippen molar-refractivity contribution in [1.82, 2.24) is 4.98 Å². The molecule has 0 saturated heterocycles. The number of carbonyl (C=O) groups excluding carboxylic acids is 1. The van der Waals surface area contributed by atoms with Crippen LogP contribution in [0.5, 0.6) is 5.75 Å². The van der Waals surface area contributed by atoms with Crippen molar-refractivity contribution in [3.8, 4) is 5.75 Å². The number of aromatic hydroxyl groups is 1. The molecule has 7 heteroatoms. The van der Waals surface area contributed by atoms with E-state index in [0.29, 0.717) is 10.8 Å². The molecule has 1 heterocycles. The van der Waals surface area contributed by atoms with Crippen LogP contribution in [-0.2, 0) is 14.6 Å². The molecule has 0 bridgehead atoms. The minimum absolute atomic E-state index is 0.0840. The molecular weight excluding hydrogens is 366 g/mol. The lowest BCUT2D eigenvalue weighted by molar-refractivity contribution is 0.0489. The number of benzene rings is 2. The first-order valence-corrected chi connectivity index (χ1v) is 10.0. The molecule has 0 unspecified atom stereocenters. The molecule has 27 heavy (non-hydrogen) atoms. The van der Waals surface area contributed by atoms with E-state index < -0.39 is 15.8 Å². The highest BCUT2D eigenvalue weighted by Crippen LogP contribution is 2.31. The Morgan fingerprint density at radius 2 is 1.85 bits per heavy atom. The van der Waals surface area contributed by atoms with Crippen molar-refractivity contribution in [3.63, 3.8) is 0 Å². The van der Waals surface area contributed by atoms with Gasteiger partial charge in [-0.05, 0) is 36.8 Å². The Kier molecular flexibility index (Phi) is 5.41. The monoisotopic (exact) mass is 385 g/mol. The summed E-state index contributed by atoms with van der Waals surface area (Å²) in [6, 6.07) is 12.4. The van der Waals surface area contributed by atoms with Gasteiger partial charge in [0.15, 0.2) is 11.4 Å². The number of nitrogens with zero attached hydrogens (tertiary/aromatic N) is 1. The summed E-state index contributed by atoms with van der Waals surface area (Å²) in [5, 5.41) is 11.1. The summed E-state index contributed by atoms with van der Waals surface area (Å²) in [7, 11) is -3.69. The topological polar surface area (TPSA) is 93.6 Å². The Labute approximate surface area is 157 Å². The Hall–Kier alpha value is -2.93. The zero-order chi connectivity index (χ0) is 19.4. The first-order chi connectivity index (χ1) is 12.9. The second kappa shape index (κ2) is 7.75. The standard InChI is InChI=1S/C20H19NO5S/c1-2-3-11-26-20(23)18-19(22)17-10-9-16(12-14(17)13-21-18)27(24,25)15-7-5-4-6-8-15/h4-10,12-13,22H,2-3,11H2,1H3. The zero-order valence-corrected chi connectivity index (χ0v) is 15.6. The van der Waals surface area contributed by atoms with Gasteiger partial charge in [-0.3, -0.25) is 0 Å². The number of hydrogen-bond acceptors (Lipinski definition) is 6. The molecule has 1 aromatic heterocycles. The van der Waals surface area contributed by atoms with Gasteiger partial charge < -0.3 is 9.84 Å². The lowest BCUT2D eigenvalue weighted by atomic mass is 10.1. The van der Waals surface area contributed by atoms with Crippen LogP contribution in [-0.4, -0.2) is 31.1 Å². The average Bonchev–Trinajstić information content (AvgIpc) is 2.68. The third kappa shape index (κ3) is 3.78. The van der Waals surface area contributed by atoms with Crippen LogP contribution < -0.4 is 0 Å². The van der Waals surface area contributed by atoms with Crippen molar-refractivity contribution in [2.75, 3.05) is 6.61 Å². The van der Waals surface area contributed by atoms with Gasteiger partial charge in [-0.25, -0.2) is 18.2 Å². The van der Waals surface area contributed by atoms with Crippen LogP contribution in [0, 0.1) is 0 Å². The van der Waals surface area contributed by atoms with Crippen LogP contribution in [0.15, 0.2) is 64.5 Å². The summed E-state index contributed by atoms with van der Waals surface area (Å²) in [6.45, 7) is 2.23. The fraction of sp³-hybridized carbons (Fsp3) is 0.200. The number of carbonyl (C=O) groups is 1. The summed E-state index contributed by atoms with van der Waals surface area (Å²) in [5.41, 5.74) is -0.183. The number of hydrogen-bond donors (Lipinski definition) is 1. The van der Waals surface area contributed by atoms with E-state index in [4.69, 9.17) is 4.74 Å². The molecule has 0 spiro atoms. The fourth-order valence-corrected chi connectivity index (χ4v) is 3.93. The molecule has 0 fully saturated rings. The van der Waals surface area contributed by atoms with Gasteiger partial charge in [0.1, 0.15) is 0 Å². The molecule has 6 nitrogen and oxygen atoms in total. The van der Waals surface area contributed by atoms with Crippen LogP contribution in [0.25, 0.3) is 10.8 Å². The van der Waals surface area contributed by atoms with Gasteiger partial charge in [0.2, 0.25) is 9.84 Å². The van der Waals surface area contributed by atoms with E-state index in [0.717, 1.165) is 12.8 Å². The van der Waals surface area contributed by atoms with Crippen molar-refractivity contribution < 1.29 is 23.1 Å². The van der Waals surface area contributed by atoms with E-state index in [1.54, 1.807) is 18.2 Å². The molecule has 0 saturated carbocycles. The zero-order valence-electron chi connectivity index (χ0n) is 14.8. The predicted octanol–water partition coefficient (Wildman–Crippen LogP) is 3.73. The van der Waals surface area contributed by atoms with E-state index in [1.165, 1.54) is 36.5 Å². The van der Waals surface area contributed by atoms with Gasteiger partial charge in [0.05, 0.1) is 16.4 Å². The molecule has 2 aromatic carbocycles.